The van der Waals surface area contributed by atoms with Crippen molar-refractivity contribution in [2.75, 3.05) is 6.61 Å². The minimum absolute atomic E-state index is 0.0334. The van der Waals surface area contributed by atoms with E-state index in [1.54, 1.807) is 0 Å². The number of hydrogen-bond donors (Lipinski definition) is 1. The molecule has 0 aromatic rings. The monoisotopic (exact) mass is 368 g/mol. The molecule has 3 heteroatoms. The maximum absolute atomic E-state index is 10.4. The summed E-state index contributed by atoms with van der Waals surface area (Å²) in [6, 6.07) is 0. The summed E-state index contributed by atoms with van der Waals surface area (Å²) in [6.07, 6.45) is 9.95. The molecule has 0 amide bonds. The molecule has 0 unspecified atom stereocenters. The molecule has 0 saturated heterocycles. The van der Waals surface area contributed by atoms with E-state index in [0.29, 0.717) is 16.4 Å². The van der Waals surface area contributed by atoms with Gasteiger partial charge in [0.1, 0.15) is 0 Å². The predicted octanol–water partition coefficient (Wildman–Crippen LogP) is 6.39. The van der Waals surface area contributed by atoms with Crippen molar-refractivity contribution in [3.63, 3.8) is 0 Å². The predicted molar refractivity (Wildman–Crippen MR) is 110 cm³/mol. The fourth-order valence-electron chi connectivity index (χ4n) is 5.44. The van der Waals surface area contributed by atoms with Gasteiger partial charge in [-0.25, -0.2) is 0 Å². The van der Waals surface area contributed by atoms with Gasteiger partial charge >= 0.3 is 0 Å². The lowest BCUT2D eigenvalue weighted by Crippen LogP contribution is -2.41. The van der Waals surface area contributed by atoms with Gasteiger partial charge in [0.15, 0.2) is 8.32 Å². The summed E-state index contributed by atoms with van der Waals surface area (Å²) in [5.41, 5.74) is 0.398. The SMILES string of the molecule is C[C@H](CCCCO[Si](C)(C)C(C)(C)C)[C@H]1CC[C@H]2[C@@H](O)CCC[C@]12C. The Balaban J connectivity index is 1.75. The van der Waals surface area contributed by atoms with E-state index < -0.39 is 8.32 Å². The third kappa shape index (κ3) is 4.71. The number of hydrogen-bond acceptors (Lipinski definition) is 2. The van der Waals surface area contributed by atoms with E-state index in [2.05, 4.69) is 47.7 Å². The molecule has 2 nitrogen and oxygen atoms in total. The smallest absolute Gasteiger partial charge is 0.191 e. The van der Waals surface area contributed by atoms with E-state index in [-0.39, 0.29) is 6.10 Å². The molecule has 0 spiro atoms. The summed E-state index contributed by atoms with van der Waals surface area (Å²) in [4.78, 5) is 0. The average molecular weight is 369 g/mol. The number of fused-ring (bicyclic) bond motifs is 1. The van der Waals surface area contributed by atoms with Crippen LogP contribution in [0.3, 0.4) is 0 Å². The van der Waals surface area contributed by atoms with Gasteiger partial charge in [0.2, 0.25) is 0 Å². The number of unbranched alkanes of at least 4 members (excludes halogenated alkanes) is 1. The highest BCUT2D eigenvalue weighted by Gasteiger charge is 2.51. The van der Waals surface area contributed by atoms with Crippen LogP contribution in [0.15, 0.2) is 0 Å². The van der Waals surface area contributed by atoms with Gasteiger partial charge in [-0.3, -0.25) is 0 Å². The van der Waals surface area contributed by atoms with E-state index in [1.165, 1.54) is 44.9 Å². The Kier molecular flexibility index (Phi) is 6.88. The zero-order chi connectivity index (χ0) is 18.9. The van der Waals surface area contributed by atoms with Crippen LogP contribution >= 0.6 is 0 Å². The Bertz CT molecular complexity index is 428. The first-order valence-corrected chi connectivity index (χ1v) is 13.7. The number of aliphatic hydroxyl groups excluding tert-OH is 1. The molecule has 2 fully saturated rings. The minimum atomic E-state index is -1.58. The lowest BCUT2D eigenvalue weighted by atomic mass is 9.61. The van der Waals surface area contributed by atoms with Crippen LogP contribution < -0.4 is 0 Å². The summed E-state index contributed by atoms with van der Waals surface area (Å²) in [6.45, 7) is 17.5. The second kappa shape index (κ2) is 8.02. The summed E-state index contributed by atoms with van der Waals surface area (Å²) in [5.74, 6) is 2.16. The van der Waals surface area contributed by atoms with Crippen molar-refractivity contribution in [2.45, 2.75) is 110 Å². The summed E-state index contributed by atoms with van der Waals surface area (Å²) in [5, 5.41) is 10.7. The lowest BCUT2D eigenvalue weighted by Gasteiger charge is -2.45. The van der Waals surface area contributed by atoms with Gasteiger partial charge in [-0.15, -0.1) is 0 Å². The zero-order valence-electron chi connectivity index (χ0n) is 18.0. The molecule has 0 aliphatic heterocycles. The van der Waals surface area contributed by atoms with E-state index in [4.69, 9.17) is 4.43 Å². The Morgan fingerprint density at radius 1 is 1.16 bits per heavy atom. The van der Waals surface area contributed by atoms with Crippen molar-refractivity contribution >= 4 is 8.32 Å². The highest BCUT2D eigenvalue weighted by atomic mass is 28.4. The van der Waals surface area contributed by atoms with Crippen molar-refractivity contribution in [2.24, 2.45) is 23.2 Å². The van der Waals surface area contributed by atoms with E-state index >= 15 is 0 Å². The van der Waals surface area contributed by atoms with Gasteiger partial charge in [-0.2, -0.15) is 0 Å². The standard InChI is InChI=1S/C22H44O2Si/c1-17(11-8-9-16-24-25(6,7)21(2,3)4)18-13-14-19-20(23)12-10-15-22(18,19)5/h17-20,23H,8-16H2,1-7H3/t17-,18-,19+,20+,22-/m1/s1. The first-order chi connectivity index (χ1) is 11.5. The van der Waals surface area contributed by atoms with Crippen molar-refractivity contribution in [3.8, 4) is 0 Å². The van der Waals surface area contributed by atoms with E-state index in [0.717, 1.165) is 24.9 Å². The van der Waals surface area contributed by atoms with E-state index in [1.807, 2.05) is 0 Å². The zero-order valence-corrected chi connectivity index (χ0v) is 19.0. The lowest BCUT2D eigenvalue weighted by molar-refractivity contribution is -0.0278. The molecule has 2 aliphatic carbocycles. The largest absolute Gasteiger partial charge is 0.417 e. The third-order valence-electron chi connectivity index (χ3n) is 8.17. The molecule has 0 aromatic carbocycles. The normalized spacial score (nSPS) is 34.8. The second-order valence-electron chi connectivity index (χ2n) is 10.8. The molecule has 0 aromatic heterocycles. The van der Waals surface area contributed by atoms with Crippen LogP contribution in [0, 0.1) is 23.2 Å². The van der Waals surface area contributed by atoms with Gasteiger partial charge in [0.05, 0.1) is 6.10 Å². The van der Waals surface area contributed by atoms with Gasteiger partial charge in [-0.05, 0) is 73.4 Å². The molecular formula is C22H44O2Si. The van der Waals surface area contributed by atoms with Gasteiger partial charge < -0.3 is 9.53 Å². The molecule has 25 heavy (non-hydrogen) atoms. The molecule has 2 rings (SSSR count). The molecule has 2 saturated carbocycles. The third-order valence-corrected chi connectivity index (χ3v) is 12.7. The summed E-state index contributed by atoms with van der Waals surface area (Å²) >= 11 is 0. The van der Waals surface area contributed by atoms with Crippen LogP contribution in [0.25, 0.3) is 0 Å². The number of rotatable bonds is 7. The minimum Gasteiger partial charge on any atom is -0.417 e. The van der Waals surface area contributed by atoms with Gasteiger partial charge in [0, 0.05) is 6.61 Å². The first kappa shape index (κ1) is 21.4. The average Bonchev–Trinajstić information content (AvgIpc) is 2.84. The van der Waals surface area contributed by atoms with Crippen molar-refractivity contribution in [3.05, 3.63) is 0 Å². The molecule has 5 atom stereocenters. The van der Waals surface area contributed by atoms with Crippen molar-refractivity contribution in [1.29, 1.82) is 0 Å². The van der Waals surface area contributed by atoms with Crippen molar-refractivity contribution < 1.29 is 9.53 Å². The fourth-order valence-corrected chi connectivity index (χ4v) is 6.53. The van der Waals surface area contributed by atoms with Crippen LogP contribution in [0.1, 0.15) is 86.0 Å². The quantitative estimate of drug-likeness (QED) is 0.416. The van der Waals surface area contributed by atoms with Gasteiger partial charge in [0.25, 0.3) is 0 Å². The molecule has 0 heterocycles. The maximum atomic E-state index is 10.4. The molecule has 148 valence electrons. The first-order valence-electron chi connectivity index (χ1n) is 10.8. The second-order valence-corrected chi connectivity index (χ2v) is 15.6. The van der Waals surface area contributed by atoms with Crippen LogP contribution in [0.4, 0.5) is 0 Å². The summed E-state index contributed by atoms with van der Waals surface area (Å²) in [7, 11) is -1.58. The van der Waals surface area contributed by atoms with Crippen LogP contribution in [0.2, 0.25) is 18.1 Å². The molecule has 2 aliphatic rings. The molecule has 0 radical (unpaired) electrons. The maximum Gasteiger partial charge on any atom is 0.191 e. The Hall–Kier alpha value is 0.137. The Labute approximate surface area is 158 Å². The Morgan fingerprint density at radius 3 is 2.48 bits per heavy atom. The van der Waals surface area contributed by atoms with Gasteiger partial charge in [-0.1, -0.05) is 53.9 Å². The summed E-state index contributed by atoms with van der Waals surface area (Å²) < 4.78 is 6.33. The number of aliphatic hydroxyl groups is 1. The van der Waals surface area contributed by atoms with Crippen molar-refractivity contribution in [1.82, 2.24) is 0 Å². The Morgan fingerprint density at radius 2 is 1.84 bits per heavy atom. The molecule has 0 bridgehead atoms. The topological polar surface area (TPSA) is 29.5 Å². The van der Waals surface area contributed by atoms with Crippen LogP contribution in [0.5, 0.6) is 0 Å². The van der Waals surface area contributed by atoms with E-state index in [9.17, 15) is 5.11 Å². The molecular weight excluding hydrogens is 324 g/mol. The van der Waals surface area contributed by atoms with Crippen LogP contribution in [-0.4, -0.2) is 26.1 Å². The fraction of sp³-hybridized carbons (Fsp3) is 1.00. The highest BCUT2D eigenvalue weighted by molar-refractivity contribution is 6.74. The van der Waals surface area contributed by atoms with Crippen LogP contribution in [-0.2, 0) is 4.43 Å². The molecule has 1 N–H and O–H groups in total. The highest BCUT2D eigenvalue weighted by Crippen LogP contribution is 2.58.